The second-order valence-electron chi connectivity index (χ2n) is 10.6. The highest BCUT2D eigenvalue weighted by Gasteiger charge is 2.51. The lowest BCUT2D eigenvalue weighted by molar-refractivity contribution is -0.141. The number of carbonyl (C=O) groups is 2. The number of nitrogens with two attached hydrogens (primary N) is 1. The Morgan fingerprint density at radius 3 is 2.47 bits per heavy atom. The summed E-state index contributed by atoms with van der Waals surface area (Å²) in [4.78, 5) is 30.7. The third-order valence-corrected chi connectivity index (χ3v) is 7.25. The first-order valence-corrected chi connectivity index (χ1v) is 11.9. The number of piperidine rings is 1. The zero-order valence-corrected chi connectivity index (χ0v) is 20.4. The molecule has 2 amide bonds. The smallest absolute Gasteiger partial charge is 0.246 e. The molecule has 178 valence electrons. The molecule has 4 N–H and O–H groups in total. The first-order valence-electron chi connectivity index (χ1n) is 11.9. The van der Waals surface area contributed by atoms with Crippen LogP contribution in [-0.4, -0.2) is 78.5 Å². The molecule has 0 radical (unpaired) electrons. The molecule has 7 heteroatoms. The zero-order valence-electron chi connectivity index (χ0n) is 20.4. The Hall–Kier alpha value is -1.96. The van der Waals surface area contributed by atoms with Gasteiger partial charge in [0, 0.05) is 31.7 Å². The predicted octanol–water partition coefficient (Wildman–Crippen LogP) is 1.37. The fourth-order valence-electron chi connectivity index (χ4n) is 4.85. The summed E-state index contributed by atoms with van der Waals surface area (Å²) in [6.07, 6.45) is 2.69. The number of nitrogens with zero attached hydrogens (tertiary/aromatic N) is 2. The minimum Gasteiger partial charge on any atom is -0.342 e. The van der Waals surface area contributed by atoms with Crippen molar-refractivity contribution >= 4 is 11.8 Å². The van der Waals surface area contributed by atoms with Crippen LogP contribution in [0.1, 0.15) is 46.1 Å². The first-order chi connectivity index (χ1) is 15.0. The molecule has 2 heterocycles. The summed E-state index contributed by atoms with van der Waals surface area (Å²) in [6, 6.07) is 9.53. The highest BCUT2D eigenvalue weighted by Crippen LogP contribution is 2.35. The minimum atomic E-state index is -0.590. The molecule has 2 fully saturated rings. The molecular weight excluding hydrogens is 402 g/mol. The highest BCUT2D eigenvalue weighted by atomic mass is 16.2. The SMILES string of the molecule is CN[C@@H](C)C(=O)N[C@H](C(=O)N1CC[C@@]2(N)CCN(CCc3ccccc3)C[C@@H]12)C(C)(C)C. The van der Waals surface area contributed by atoms with Gasteiger partial charge in [-0.15, -0.1) is 0 Å². The van der Waals surface area contributed by atoms with E-state index in [-0.39, 0.29) is 29.4 Å². The van der Waals surface area contributed by atoms with Crippen LogP contribution in [0.25, 0.3) is 0 Å². The molecule has 32 heavy (non-hydrogen) atoms. The molecule has 0 spiro atoms. The predicted molar refractivity (Wildman–Crippen MR) is 128 cm³/mol. The molecule has 1 aromatic carbocycles. The highest BCUT2D eigenvalue weighted by molar-refractivity contribution is 5.90. The lowest BCUT2D eigenvalue weighted by Crippen LogP contribution is -2.65. The number of rotatable bonds is 7. The van der Waals surface area contributed by atoms with Gasteiger partial charge in [0.15, 0.2) is 0 Å². The van der Waals surface area contributed by atoms with Gasteiger partial charge in [-0.2, -0.15) is 0 Å². The van der Waals surface area contributed by atoms with Gasteiger partial charge >= 0.3 is 0 Å². The Morgan fingerprint density at radius 2 is 1.84 bits per heavy atom. The third-order valence-electron chi connectivity index (χ3n) is 7.25. The normalized spacial score (nSPS) is 25.8. The Bertz CT molecular complexity index is 793. The quantitative estimate of drug-likeness (QED) is 0.592. The van der Waals surface area contributed by atoms with E-state index in [1.807, 2.05) is 31.7 Å². The molecular formula is C25H41N5O2. The standard InChI is InChI=1S/C25H41N5O2/c1-18(27-5)22(31)28-21(24(2,3)4)23(32)30-16-13-25(26)12-15-29(17-20(25)30)14-11-19-9-7-6-8-10-19/h6-10,18,20-21,27H,11-17,26H2,1-5H3,(H,28,31)/t18-,20+,21+,25-/m0/s1. The number of likely N-dealkylation sites (N-methyl/N-ethyl adjacent to an activating group) is 1. The molecule has 3 rings (SSSR count). The molecule has 7 nitrogen and oxygen atoms in total. The molecule has 0 aliphatic carbocycles. The molecule has 0 bridgehead atoms. The van der Waals surface area contributed by atoms with E-state index in [0.29, 0.717) is 6.54 Å². The molecule has 2 saturated heterocycles. The van der Waals surface area contributed by atoms with E-state index in [4.69, 9.17) is 5.73 Å². The van der Waals surface area contributed by atoms with Crippen LogP contribution in [0, 0.1) is 5.41 Å². The fourth-order valence-corrected chi connectivity index (χ4v) is 4.85. The van der Waals surface area contributed by atoms with Crippen molar-refractivity contribution in [1.29, 1.82) is 0 Å². The van der Waals surface area contributed by atoms with Gasteiger partial charge < -0.3 is 26.2 Å². The largest absolute Gasteiger partial charge is 0.342 e. The minimum absolute atomic E-state index is 0.0172. The van der Waals surface area contributed by atoms with E-state index in [1.165, 1.54) is 5.56 Å². The van der Waals surface area contributed by atoms with Crippen molar-refractivity contribution < 1.29 is 9.59 Å². The van der Waals surface area contributed by atoms with E-state index in [1.54, 1.807) is 14.0 Å². The summed E-state index contributed by atoms with van der Waals surface area (Å²) in [5.74, 6) is -0.177. The molecule has 0 saturated carbocycles. The van der Waals surface area contributed by atoms with Crippen LogP contribution < -0.4 is 16.4 Å². The van der Waals surface area contributed by atoms with Gasteiger partial charge in [0.1, 0.15) is 6.04 Å². The first kappa shape index (κ1) is 24.7. The topological polar surface area (TPSA) is 90.7 Å². The van der Waals surface area contributed by atoms with Gasteiger partial charge in [0.2, 0.25) is 11.8 Å². The summed E-state index contributed by atoms with van der Waals surface area (Å²) >= 11 is 0. The average Bonchev–Trinajstić information content (AvgIpc) is 3.11. The number of amides is 2. The maximum Gasteiger partial charge on any atom is 0.246 e. The van der Waals surface area contributed by atoms with Gasteiger partial charge in [-0.1, -0.05) is 51.1 Å². The van der Waals surface area contributed by atoms with E-state index in [9.17, 15) is 9.59 Å². The lowest BCUT2D eigenvalue weighted by atomic mass is 9.82. The van der Waals surface area contributed by atoms with E-state index >= 15 is 0 Å². The summed E-state index contributed by atoms with van der Waals surface area (Å²) < 4.78 is 0. The van der Waals surface area contributed by atoms with Gasteiger partial charge in [-0.25, -0.2) is 0 Å². The number of benzene rings is 1. The maximum absolute atomic E-state index is 13.7. The van der Waals surface area contributed by atoms with Crippen molar-refractivity contribution in [2.24, 2.45) is 11.1 Å². The number of carbonyl (C=O) groups excluding carboxylic acids is 2. The second-order valence-corrected chi connectivity index (χ2v) is 10.6. The number of hydrogen-bond donors (Lipinski definition) is 3. The van der Waals surface area contributed by atoms with Crippen LogP contribution >= 0.6 is 0 Å². The van der Waals surface area contributed by atoms with Crippen LogP contribution in [0.3, 0.4) is 0 Å². The van der Waals surface area contributed by atoms with Crippen LogP contribution in [0.4, 0.5) is 0 Å². The van der Waals surface area contributed by atoms with Crippen LogP contribution in [0.5, 0.6) is 0 Å². The maximum atomic E-state index is 13.7. The van der Waals surface area contributed by atoms with Crippen LogP contribution in [0.2, 0.25) is 0 Å². The van der Waals surface area contributed by atoms with Crippen molar-refractivity contribution in [1.82, 2.24) is 20.4 Å². The monoisotopic (exact) mass is 443 g/mol. The Balaban J connectivity index is 1.71. The fraction of sp³-hybridized carbons (Fsp3) is 0.680. The number of likely N-dealkylation sites (tertiary alicyclic amines) is 2. The van der Waals surface area contributed by atoms with Crippen LogP contribution in [0.15, 0.2) is 30.3 Å². The van der Waals surface area contributed by atoms with E-state index < -0.39 is 11.5 Å². The average molecular weight is 444 g/mol. The summed E-state index contributed by atoms with van der Waals surface area (Å²) in [5.41, 5.74) is 7.40. The van der Waals surface area contributed by atoms with E-state index in [2.05, 4.69) is 39.8 Å². The summed E-state index contributed by atoms with van der Waals surface area (Å²) in [6.45, 7) is 11.1. The van der Waals surface area contributed by atoms with Crippen molar-refractivity contribution in [3.8, 4) is 0 Å². The molecule has 0 unspecified atom stereocenters. The van der Waals surface area contributed by atoms with Gasteiger partial charge in [0.25, 0.3) is 0 Å². The van der Waals surface area contributed by atoms with Crippen molar-refractivity contribution in [2.45, 2.75) is 70.6 Å². The zero-order chi connectivity index (χ0) is 23.5. The molecule has 1 aromatic rings. The number of nitrogens with one attached hydrogen (secondary N) is 2. The Labute approximate surface area is 193 Å². The second kappa shape index (κ2) is 9.89. The Kier molecular flexibility index (Phi) is 7.63. The van der Waals surface area contributed by atoms with Gasteiger partial charge in [-0.05, 0) is 44.2 Å². The lowest BCUT2D eigenvalue weighted by Gasteiger charge is -2.45. The molecule has 2 aliphatic rings. The molecule has 2 aliphatic heterocycles. The molecule has 4 atom stereocenters. The van der Waals surface area contributed by atoms with Crippen molar-refractivity contribution in [3.05, 3.63) is 35.9 Å². The van der Waals surface area contributed by atoms with Gasteiger partial charge in [0.05, 0.1) is 12.1 Å². The summed E-state index contributed by atoms with van der Waals surface area (Å²) in [7, 11) is 1.74. The molecule has 0 aromatic heterocycles. The number of hydrogen-bond acceptors (Lipinski definition) is 5. The van der Waals surface area contributed by atoms with E-state index in [0.717, 1.165) is 38.9 Å². The van der Waals surface area contributed by atoms with Crippen molar-refractivity contribution in [2.75, 3.05) is 33.2 Å². The Morgan fingerprint density at radius 1 is 1.19 bits per heavy atom. The van der Waals surface area contributed by atoms with Crippen molar-refractivity contribution in [3.63, 3.8) is 0 Å². The van der Waals surface area contributed by atoms with Crippen LogP contribution in [-0.2, 0) is 16.0 Å². The third kappa shape index (κ3) is 5.50. The number of fused-ring (bicyclic) bond motifs is 1. The summed E-state index contributed by atoms with van der Waals surface area (Å²) in [5, 5.41) is 5.95. The van der Waals surface area contributed by atoms with Gasteiger partial charge in [-0.3, -0.25) is 9.59 Å².